The summed E-state index contributed by atoms with van der Waals surface area (Å²) >= 11 is 0. The van der Waals surface area contributed by atoms with Gasteiger partial charge in [0.15, 0.2) is 23.0 Å². The lowest BCUT2D eigenvalue weighted by Gasteiger charge is -2.32. The van der Waals surface area contributed by atoms with Gasteiger partial charge in [-0.1, -0.05) is 30.3 Å². The van der Waals surface area contributed by atoms with Crippen LogP contribution in [0.15, 0.2) is 49.1 Å². The third-order valence-corrected chi connectivity index (χ3v) is 7.57. The number of para-hydroxylation sites is 2. The molecule has 43 heavy (non-hydrogen) atoms. The van der Waals surface area contributed by atoms with Gasteiger partial charge in [-0.05, 0) is 75.8 Å². The molecule has 2 fully saturated rings. The van der Waals surface area contributed by atoms with Crippen LogP contribution in [-0.2, 0) is 4.74 Å². The highest BCUT2D eigenvalue weighted by molar-refractivity contribution is 5.48. The first-order chi connectivity index (χ1) is 20.3. The number of alkyl halides is 6. The van der Waals surface area contributed by atoms with Gasteiger partial charge in [0.1, 0.15) is 0 Å². The molecule has 2 aromatic carbocycles. The molecule has 0 unspecified atom stereocenters. The van der Waals surface area contributed by atoms with Crippen LogP contribution in [0.2, 0.25) is 0 Å². The first kappa shape index (κ1) is 34.3. The third kappa shape index (κ3) is 10.8. The molecule has 4 rings (SSSR count). The Morgan fingerprint density at radius 2 is 1.19 bits per heavy atom. The number of piperidine rings is 2. The van der Waals surface area contributed by atoms with Gasteiger partial charge >= 0.3 is 12.7 Å². The minimum Gasteiger partial charge on any atom is -0.504 e. The second-order valence-corrected chi connectivity index (χ2v) is 10.5. The van der Waals surface area contributed by atoms with Crippen molar-refractivity contribution < 1.29 is 50.8 Å². The Morgan fingerprint density at radius 3 is 1.56 bits per heavy atom. The van der Waals surface area contributed by atoms with Gasteiger partial charge in [-0.3, -0.25) is 4.90 Å². The Bertz CT molecular complexity index is 1160. The summed E-state index contributed by atoms with van der Waals surface area (Å²) in [5.41, 5.74) is 1.04. The molecule has 2 aliphatic rings. The Hall–Kier alpha value is -3.16. The zero-order valence-corrected chi connectivity index (χ0v) is 24.0. The highest BCUT2D eigenvalue weighted by atomic mass is 19.4. The lowest BCUT2D eigenvalue weighted by Crippen LogP contribution is -2.35. The van der Waals surface area contributed by atoms with Crippen LogP contribution in [0.4, 0.5) is 26.3 Å². The average Bonchev–Trinajstić information content (AvgIpc) is 2.94. The second-order valence-electron chi connectivity index (χ2n) is 10.5. The summed E-state index contributed by atoms with van der Waals surface area (Å²) in [6.45, 7) is 9.32. The molecule has 0 saturated carbocycles. The van der Waals surface area contributed by atoms with Crippen molar-refractivity contribution in [3.8, 4) is 23.0 Å². The van der Waals surface area contributed by atoms with Crippen molar-refractivity contribution in [1.82, 2.24) is 9.80 Å². The summed E-state index contributed by atoms with van der Waals surface area (Å²) in [6, 6.07) is 8.53. The second kappa shape index (κ2) is 15.5. The van der Waals surface area contributed by atoms with E-state index < -0.39 is 35.7 Å². The molecule has 0 aromatic heterocycles. The summed E-state index contributed by atoms with van der Waals surface area (Å²) < 4.78 is 86.5. The standard InChI is InChI=1S/C15H20F3NO3.C15H18F3NO2/c1-21-10-9-19-7-5-11(6-8-19)12-3-2-4-13(14(12)20)22-15(16,17)18;1-2-8-19-9-6-11(7-10-19)12-4-3-5-13(14(12)20)21-15(16,17)18/h2-4,11,20H,5-10H2,1H3;2-5,11,20H,1,6-10H2. The number of phenolic OH excluding ortho intramolecular Hbond substituents is 2. The van der Waals surface area contributed by atoms with E-state index in [2.05, 4.69) is 25.9 Å². The predicted octanol–water partition coefficient (Wildman–Crippen LogP) is 6.77. The number of aromatic hydroxyl groups is 2. The summed E-state index contributed by atoms with van der Waals surface area (Å²) in [4.78, 5) is 4.46. The fourth-order valence-corrected chi connectivity index (χ4v) is 5.45. The van der Waals surface area contributed by atoms with Crippen molar-refractivity contribution in [2.24, 2.45) is 0 Å². The molecule has 2 saturated heterocycles. The topological polar surface area (TPSA) is 74.6 Å². The summed E-state index contributed by atoms with van der Waals surface area (Å²) in [6.07, 6.45) is -4.63. The van der Waals surface area contributed by atoms with E-state index in [1.165, 1.54) is 12.1 Å². The maximum Gasteiger partial charge on any atom is 0.573 e. The van der Waals surface area contributed by atoms with Crippen molar-refractivity contribution >= 4 is 0 Å². The maximum atomic E-state index is 12.3. The zero-order valence-electron chi connectivity index (χ0n) is 24.0. The SMILES string of the molecule is C=CCN1CCC(c2cccc(OC(F)(F)F)c2O)CC1.COCCN1CCC(c2cccc(OC(F)(F)F)c2O)CC1. The van der Waals surface area contributed by atoms with Gasteiger partial charge in [-0.25, -0.2) is 0 Å². The van der Waals surface area contributed by atoms with Gasteiger partial charge in [0.25, 0.3) is 0 Å². The minimum atomic E-state index is -4.81. The number of hydrogen-bond acceptors (Lipinski definition) is 7. The number of halogens is 6. The van der Waals surface area contributed by atoms with Crippen LogP contribution < -0.4 is 9.47 Å². The lowest BCUT2D eigenvalue weighted by atomic mass is 9.88. The van der Waals surface area contributed by atoms with Crippen LogP contribution in [0.5, 0.6) is 23.0 Å². The number of benzene rings is 2. The van der Waals surface area contributed by atoms with Crippen molar-refractivity contribution in [2.45, 2.75) is 50.2 Å². The van der Waals surface area contributed by atoms with Crippen molar-refractivity contribution in [3.63, 3.8) is 0 Å². The van der Waals surface area contributed by atoms with E-state index >= 15 is 0 Å². The molecule has 0 aliphatic carbocycles. The van der Waals surface area contributed by atoms with Crippen molar-refractivity contribution in [2.75, 3.05) is 53.0 Å². The fraction of sp³-hybridized carbons (Fsp3) is 0.533. The minimum absolute atomic E-state index is 0.0376. The number of nitrogens with zero attached hydrogens (tertiary/aromatic N) is 2. The zero-order chi connectivity index (χ0) is 31.6. The van der Waals surface area contributed by atoms with Crippen molar-refractivity contribution in [3.05, 3.63) is 60.2 Å². The van der Waals surface area contributed by atoms with E-state index in [1.807, 2.05) is 6.08 Å². The first-order valence-corrected chi connectivity index (χ1v) is 14.0. The number of likely N-dealkylation sites (tertiary alicyclic amines) is 2. The number of phenols is 2. The number of hydrogen-bond donors (Lipinski definition) is 2. The highest BCUT2D eigenvalue weighted by Crippen LogP contribution is 2.42. The Kier molecular flexibility index (Phi) is 12.4. The fourth-order valence-electron chi connectivity index (χ4n) is 5.45. The molecule has 0 radical (unpaired) electrons. The Labute approximate surface area is 247 Å². The van der Waals surface area contributed by atoms with E-state index in [1.54, 1.807) is 19.2 Å². The van der Waals surface area contributed by atoms with Gasteiger partial charge in [-0.2, -0.15) is 0 Å². The normalized spacial score (nSPS) is 17.7. The quantitative estimate of drug-likeness (QED) is 0.237. The Morgan fingerprint density at radius 1 is 0.767 bits per heavy atom. The van der Waals surface area contributed by atoms with Crippen LogP contribution in [-0.4, -0.2) is 85.7 Å². The van der Waals surface area contributed by atoms with Crippen LogP contribution >= 0.6 is 0 Å². The number of rotatable bonds is 9. The molecule has 0 atom stereocenters. The molecule has 0 spiro atoms. The van der Waals surface area contributed by atoms with Crippen molar-refractivity contribution in [1.29, 1.82) is 0 Å². The molecular formula is C30H38F6N2O5. The van der Waals surface area contributed by atoms with E-state index in [9.17, 15) is 36.6 Å². The molecule has 0 bridgehead atoms. The monoisotopic (exact) mass is 620 g/mol. The molecule has 2 N–H and O–H groups in total. The summed E-state index contributed by atoms with van der Waals surface area (Å²) in [7, 11) is 1.65. The van der Waals surface area contributed by atoms with Crippen LogP contribution in [0.1, 0.15) is 48.6 Å². The molecular weight excluding hydrogens is 582 g/mol. The number of ether oxygens (including phenoxy) is 3. The third-order valence-electron chi connectivity index (χ3n) is 7.57. The molecule has 2 aliphatic heterocycles. The van der Waals surface area contributed by atoms with Gasteiger partial charge in [0, 0.05) is 31.3 Å². The van der Waals surface area contributed by atoms with E-state index in [4.69, 9.17) is 4.74 Å². The Balaban J connectivity index is 0.000000236. The largest absolute Gasteiger partial charge is 0.573 e. The molecule has 0 amide bonds. The van der Waals surface area contributed by atoms with E-state index in [-0.39, 0.29) is 11.8 Å². The van der Waals surface area contributed by atoms with Gasteiger partial charge < -0.3 is 29.3 Å². The molecule has 2 heterocycles. The molecule has 13 heteroatoms. The van der Waals surface area contributed by atoms with Gasteiger partial charge in [0.05, 0.1) is 6.61 Å². The van der Waals surface area contributed by atoms with Crippen LogP contribution in [0.3, 0.4) is 0 Å². The van der Waals surface area contributed by atoms with E-state index in [0.29, 0.717) is 17.7 Å². The average molecular weight is 621 g/mol. The van der Waals surface area contributed by atoms with Crippen LogP contribution in [0, 0.1) is 0 Å². The predicted molar refractivity (Wildman–Crippen MR) is 148 cm³/mol. The molecule has 240 valence electrons. The lowest BCUT2D eigenvalue weighted by molar-refractivity contribution is -0.276. The van der Waals surface area contributed by atoms with Crippen LogP contribution in [0.25, 0.3) is 0 Å². The van der Waals surface area contributed by atoms with Gasteiger partial charge in [-0.15, -0.1) is 32.9 Å². The smallest absolute Gasteiger partial charge is 0.504 e. The first-order valence-electron chi connectivity index (χ1n) is 14.0. The maximum absolute atomic E-state index is 12.3. The molecule has 2 aromatic rings. The number of methoxy groups -OCH3 is 1. The summed E-state index contributed by atoms with van der Waals surface area (Å²) in [5, 5.41) is 20.1. The molecule has 7 nitrogen and oxygen atoms in total. The highest BCUT2D eigenvalue weighted by Gasteiger charge is 2.34. The summed E-state index contributed by atoms with van der Waals surface area (Å²) in [5.74, 6) is -1.80. The van der Waals surface area contributed by atoms with E-state index in [0.717, 1.165) is 77.1 Å². The van der Waals surface area contributed by atoms with Gasteiger partial charge in [0.2, 0.25) is 0 Å².